The Morgan fingerprint density at radius 3 is 1.36 bits per heavy atom. The third kappa shape index (κ3) is 9.94. The molecule has 308 valence electrons. The molecule has 0 saturated carbocycles. The molecule has 8 rings (SSSR count). The summed E-state index contributed by atoms with van der Waals surface area (Å²) in [6.45, 7) is 8.35. The Labute approximate surface area is 365 Å². The number of nitrogen functional groups attached to an aromatic ring is 1. The standard InChI is InChI=1S/C26H24ClN3O2.C24H22ClN3O/c1-17(31)28-21-8-6-7-20(15-21)18-11-13-19(14-12-18)24-16-25(26(2,3)32)29-30(24)23-10-5-4-9-22(23)27;1-24(2,29)23-15-22(28(27-23)21-9-4-3-8-20(21)25)17-12-10-16(11-13-17)18-6-5-7-19(26)14-18/h4-16,32H,1-3H3,(H,28,31);3-15,29H,26H2,1-2H3. The molecule has 0 spiro atoms. The van der Waals surface area contributed by atoms with E-state index < -0.39 is 11.2 Å². The summed E-state index contributed by atoms with van der Waals surface area (Å²) in [7, 11) is 0. The van der Waals surface area contributed by atoms with Crippen LogP contribution in [0, 0.1) is 0 Å². The summed E-state index contributed by atoms with van der Waals surface area (Å²) < 4.78 is 3.55. The van der Waals surface area contributed by atoms with Gasteiger partial charge in [-0.2, -0.15) is 10.2 Å². The molecule has 6 aromatic carbocycles. The van der Waals surface area contributed by atoms with E-state index in [0.717, 1.165) is 67.5 Å². The zero-order valence-corrected chi connectivity index (χ0v) is 35.9. The first-order valence-corrected chi connectivity index (χ1v) is 20.4. The first kappa shape index (κ1) is 42.6. The second-order valence-electron chi connectivity index (χ2n) is 15.7. The van der Waals surface area contributed by atoms with Crippen LogP contribution in [0.3, 0.4) is 0 Å². The maximum atomic E-state index is 11.4. The molecule has 1 amide bonds. The molecule has 2 aromatic heterocycles. The van der Waals surface area contributed by atoms with Gasteiger partial charge in [0.2, 0.25) is 5.91 Å². The normalized spacial score (nSPS) is 11.5. The van der Waals surface area contributed by atoms with Crippen molar-refractivity contribution in [2.24, 2.45) is 0 Å². The van der Waals surface area contributed by atoms with Crippen LogP contribution in [0.25, 0.3) is 56.1 Å². The predicted octanol–water partition coefficient (Wildman–Crippen LogP) is 11.7. The molecule has 0 fully saturated rings. The number of carbonyl (C=O) groups is 1. The van der Waals surface area contributed by atoms with E-state index in [-0.39, 0.29) is 5.91 Å². The van der Waals surface area contributed by atoms with Crippen molar-refractivity contribution in [3.63, 3.8) is 0 Å². The Morgan fingerprint density at radius 1 is 0.541 bits per heavy atom. The van der Waals surface area contributed by atoms with Crippen molar-refractivity contribution < 1.29 is 15.0 Å². The van der Waals surface area contributed by atoms with Crippen molar-refractivity contribution in [1.82, 2.24) is 19.6 Å². The monoisotopic (exact) mass is 848 g/mol. The molecule has 0 saturated heterocycles. The summed E-state index contributed by atoms with van der Waals surface area (Å²) in [6.07, 6.45) is 0. The van der Waals surface area contributed by atoms with Gasteiger partial charge in [-0.05, 0) is 111 Å². The summed E-state index contributed by atoms with van der Waals surface area (Å²) in [4.78, 5) is 11.4. The molecule has 0 aliphatic carbocycles. The lowest BCUT2D eigenvalue weighted by atomic mass is 10.0. The predicted molar refractivity (Wildman–Crippen MR) is 248 cm³/mol. The van der Waals surface area contributed by atoms with Crippen LogP contribution in [0.5, 0.6) is 0 Å². The van der Waals surface area contributed by atoms with E-state index in [0.29, 0.717) is 21.4 Å². The zero-order chi connectivity index (χ0) is 43.5. The molecule has 2 heterocycles. The molecule has 0 atom stereocenters. The fourth-order valence-electron chi connectivity index (χ4n) is 6.75. The number of para-hydroxylation sites is 2. The number of hydrogen-bond donors (Lipinski definition) is 4. The average molecular weight is 850 g/mol. The van der Waals surface area contributed by atoms with E-state index >= 15 is 0 Å². The fourth-order valence-corrected chi connectivity index (χ4v) is 7.18. The van der Waals surface area contributed by atoms with Crippen molar-refractivity contribution in [2.45, 2.75) is 45.8 Å². The van der Waals surface area contributed by atoms with E-state index in [9.17, 15) is 15.0 Å². The maximum Gasteiger partial charge on any atom is 0.221 e. The molecule has 0 unspecified atom stereocenters. The van der Waals surface area contributed by atoms with Crippen LogP contribution in [0.15, 0.2) is 158 Å². The lowest BCUT2D eigenvalue weighted by molar-refractivity contribution is -0.114. The number of nitrogens with zero attached hydrogens (tertiary/aromatic N) is 4. The van der Waals surface area contributed by atoms with Gasteiger partial charge >= 0.3 is 0 Å². The van der Waals surface area contributed by atoms with Crippen molar-refractivity contribution in [3.05, 3.63) is 179 Å². The zero-order valence-electron chi connectivity index (χ0n) is 34.4. The Hall–Kier alpha value is -6.49. The number of nitrogens with one attached hydrogen (secondary N) is 1. The highest BCUT2D eigenvalue weighted by atomic mass is 35.5. The van der Waals surface area contributed by atoms with Gasteiger partial charge in [0.25, 0.3) is 0 Å². The molecular formula is C50H46Cl2N6O3. The minimum Gasteiger partial charge on any atom is -0.399 e. The molecule has 5 N–H and O–H groups in total. The summed E-state index contributed by atoms with van der Waals surface area (Å²) in [5.41, 5.74) is 15.6. The first-order chi connectivity index (χ1) is 29.0. The SMILES string of the molecule is CC(=O)Nc1cccc(-c2ccc(-c3cc(C(C)(C)O)nn3-c3ccccc3Cl)cc2)c1.CC(C)(O)c1cc(-c2ccc(-c3cccc(N)c3)cc2)n(-c2ccccc2Cl)n1. The average Bonchev–Trinajstić information content (AvgIpc) is 3.89. The van der Waals surface area contributed by atoms with Crippen molar-refractivity contribution in [1.29, 1.82) is 0 Å². The maximum absolute atomic E-state index is 11.4. The molecule has 9 nitrogen and oxygen atoms in total. The van der Waals surface area contributed by atoms with Gasteiger partial charge in [-0.15, -0.1) is 0 Å². The van der Waals surface area contributed by atoms with Crippen LogP contribution >= 0.6 is 23.2 Å². The number of aromatic nitrogens is 4. The molecule has 11 heteroatoms. The Balaban J connectivity index is 0.000000185. The van der Waals surface area contributed by atoms with Crippen LogP contribution in [0.4, 0.5) is 11.4 Å². The fraction of sp³-hybridized carbons (Fsp3) is 0.140. The summed E-state index contributed by atoms with van der Waals surface area (Å²) >= 11 is 12.9. The Bertz CT molecular complexity index is 2820. The number of aliphatic hydroxyl groups is 2. The van der Waals surface area contributed by atoms with E-state index in [1.807, 2.05) is 146 Å². The molecule has 0 bridgehead atoms. The van der Waals surface area contributed by atoms with Crippen LogP contribution in [-0.4, -0.2) is 35.7 Å². The Morgan fingerprint density at radius 2 is 0.951 bits per heavy atom. The summed E-state index contributed by atoms with van der Waals surface area (Å²) in [5, 5.41) is 34.3. The van der Waals surface area contributed by atoms with Crippen LogP contribution in [0.1, 0.15) is 46.0 Å². The van der Waals surface area contributed by atoms with Gasteiger partial charge in [0.15, 0.2) is 0 Å². The first-order valence-electron chi connectivity index (χ1n) is 19.7. The van der Waals surface area contributed by atoms with E-state index in [4.69, 9.17) is 28.9 Å². The smallest absolute Gasteiger partial charge is 0.221 e. The highest BCUT2D eigenvalue weighted by molar-refractivity contribution is 6.32. The number of nitrogens with two attached hydrogens (primary N) is 1. The van der Waals surface area contributed by atoms with Crippen LogP contribution in [0.2, 0.25) is 10.0 Å². The highest BCUT2D eigenvalue weighted by Gasteiger charge is 2.25. The lowest BCUT2D eigenvalue weighted by Gasteiger charge is -2.13. The number of hydrogen-bond acceptors (Lipinski definition) is 6. The van der Waals surface area contributed by atoms with Gasteiger partial charge in [-0.25, -0.2) is 9.36 Å². The molecule has 0 aliphatic heterocycles. The molecular weight excluding hydrogens is 803 g/mol. The molecule has 61 heavy (non-hydrogen) atoms. The molecule has 0 aliphatic rings. The van der Waals surface area contributed by atoms with Crippen LogP contribution in [-0.2, 0) is 16.0 Å². The van der Waals surface area contributed by atoms with Gasteiger partial charge in [0.1, 0.15) is 11.2 Å². The number of benzene rings is 6. The number of halogens is 2. The van der Waals surface area contributed by atoms with E-state index in [2.05, 4.69) is 27.6 Å². The van der Waals surface area contributed by atoms with Crippen LogP contribution < -0.4 is 11.1 Å². The van der Waals surface area contributed by atoms with Crippen molar-refractivity contribution >= 4 is 40.5 Å². The minimum absolute atomic E-state index is 0.104. The van der Waals surface area contributed by atoms with Gasteiger partial charge in [-0.3, -0.25) is 4.79 Å². The molecule has 0 radical (unpaired) electrons. The third-order valence-corrected chi connectivity index (χ3v) is 10.6. The number of amides is 1. The number of carbonyl (C=O) groups excluding carboxylic acids is 1. The lowest BCUT2D eigenvalue weighted by Crippen LogP contribution is -2.16. The quantitative estimate of drug-likeness (QED) is 0.107. The largest absolute Gasteiger partial charge is 0.399 e. The van der Waals surface area contributed by atoms with Crippen molar-refractivity contribution in [3.8, 4) is 56.1 Å². The minimum atomic E-state index is -1.09. The second-order valence-corrected chi connectivity index (χ2v) is 16.5. The van der Waals surface area contributed by atoms with Gasteiger partial charge < -0.3 is 21.3 Å². The topological polar surface area (TPSA) is 131 Å². The molecule has 8 aromatic rings. The highest BCUT2D eigenvalue weighted by Crippen LogP contribution is 2.35. The Kier molecular flexibility index (Phi) is 12.3. The third-order valence-electron chi connectivity index (χ3n) is 9.93. The summed E-state index contributed by atoms with van der Waals surface area (Å²) in [5.74, 6) is -0.104. The second kappa shape index (κ2) is 17.6. The van der Waals surface area contributed by atoms with Crippen molar-refractivity contribution in [2.75, 3.05) is 11.1 Å². The van der Waals surface area contributed by atoms with Gasteiger partial charge in [0.05, 0.1) is 44.2 Å². The van der Waals surface area contributed by atoms with E-state index in [1.54, 1.807) is 37.1 Å². The van der Waals surface area contributed by atoms with Gasteiger partial charge in [-0.1, -0.05) is 120 Å². The van der Waals surface area contributed by atoms with E-state index in [1.165, 1.54) is 6.92 Å². The van der Waals surface area contributed by atoms with Gasteiger partial charge in [0, 0.05) is 29.4 Å². The number of anilines is 2. The number of rotatable bonds is 9. The summed E-state index contributed by atoms with van der Waals surface area (Å²) in [6, 6.07) is 50.6.